The Morgan fingerprint density at radius 3 is 2.60 bits per heavy atom. The molecule has 0 saturated heterocycles. The van der Waals surface area contributed by atoms with Crippen molar-refractivity contribution in [1.82, 2.24) is 0 Å². The van der Waals surface area contributed by atoms with E-state index in [9.17, 15) is 13.8 Å². The molecule has 0 aromatic heterocycles. The predicted octanol–water partition coefficient (Wildman–Crippen LogP) is 1.98. The maximum atomic E-state index is 12.0. The van der Waals surface area contributed by atoms with Crippen molar-refractivity contribution in [1.29, 1.82) is 0 Å². The quantitative estimate of drug-likeness (QED) is 0.778. The largest absolute Gasteiger partial charge is 0.480 e. The Bertz CT molecular complexity index is 512. The topological polar surface area (TPSA) is 80.7 Å². The summed E-state index contributed by atoms with van der Waals surface area (Å²) in [6, 6.07) is 6.58. The summed E-state index contributed by atoms with van der Waals surface area (Å²) < 4.78 is 16.9. The van der Waals surface area contributed by atoms with Crippen LogP contribution in [-0.2, 0) is 26.1 Å². The molecule has 0 amide bonds. The van der Waals surface area contributed by atoms with Gasteiger partial charge in [0.25, 0.3) is 0 Å². The normalized spacial score (nSPS) is 13.5. The van der Waals surface area contributed by atoms with Gasteiger partial charge < -0.3 is 9.84 Å². The number of rotatable bonds is 7. The van der Waals surface area contributed by atoms with Crippen LogP contribution in [0.25, 0.3) is 0 Å². The lowest BCUT2D eigenvalue weighted by molar-refractivity contribution is -0.136. The van der Waals surface area contributed by atoms with Crippen LogP contribution < -0.4 is 0 Å². The van der Waals surface area contributed by atoms with Crippen LogP contribution in [0.5, 0.6) is 0 Å². The molecule has 0 heterocycles. The Kier molecular flexibility index (Phi) is 6.38. The van der Waals surface area contributed by atoms with Crippen LogP contribution in [0.4, 0.5) is 0 Å². The number of carbonyl (C=O) groups excluding carboxylic acids is 1. The fraction of sp³-hybridized carbons (Fsp3) is 0.429. The van der Waals surface area contributed by atoms with E-state index in [4.69, 9.17) is 9.84 Å². The monoisotopic (exact) mass is 298 g/mol. The lowest BCUT2D eigenvalue weighted by Crippen LogP contribution is -2.25. The number of esters is 1. The van der Waals surface area contributed by atoms with Gasteiger partial charge in [-0.15, -0.1) is 0 Å². The predicted molar refractivity (Wildman–Crippen MR) is 76.0 cm³/mol. The maximum Gasteiger partial charge on any atom is 0.338 e. The highest BCUT2D eigenvalue weighted by molar-refractivity contribution is 7.85. The van der Waals surface area contributed by atoms with E-state index >= 15 is 0 Å². The minimum Gasteiger partial charge on any atom is -0.480 e. The number of carboxylic acid groups (broad SMARTS) is 1. The zero-order chi connectivity index (χ0) is 15.1. The van der Waals surface area contributed by atoms with Gasteiger partial charge in [0, 0.05) is 16.6 Å². The fourth-order valence-electron chi connectivity index (χ4n) is 1.74. The number of ether oxygens (including phenoxy) is 1. The Morgan fingerprint density at radius 2 is 2.05 bits per heavy atom. The van der Waals surface area contributed by atoms with Crippen LogP contribution >= 0.6 is 0 Å². The second-order valence-corrected chi connectivity index (χ2v) is 5.80. The van der Waals surface area contributed by atoms with Gasteiger partial charge >= 0.3 is 11.9 Å². The first-order valence-electron chi connectivity index (χ1n) is 6.35. The first kappa shape index (κ1) is 16.4. The van der Waals surface area contributed by atoms with Gasteiger partial charge in [-0.3, -0.25) is 9.00 Å². The van der Waals surface area contributed by atoms with Crippen LogP contribution in [0.3, 0.4) is 0 Å². The first-order chi connectivity index (χ1) is 9.49. The molecular formula is C14H18O5S. The summed E-state index contributed by atoms with van der Waals surface area (Å²) in [5.41, 5.74) is 1.04. The van der Waals surface area contributed by atoms with Crippen molar-refractivity contribution in [2.24, 2.45) is 0 Å². The van der Waals surface area contributed by atoms with Crippen molar-refractivity contribution in [3.8, 4) is 0 Å². The van der Waals surface area contributed by atoms with E-state index in [-0.39, 0.29) is 12.4 Å². The SMILES string of the molecule is CCOC(=O)c1cccc(CS(=O)C(CC)C(=O)O)c1. The van der Waals surface area contributed by atoms with E-state index in [1.165, 1.54) is 0 Å². The van der Waals surface area contributed by atoms with Gasteiger partial charge in [-0.05, 0) is 31.0 Å². The Morgan fingerprint density at radius 1 is 1.35 bits per heavy atom. The van der Waals surface area contributed by atoms with Gasteiger partial charge in [-0.1, -0.05) is 19.1 Å². The van der Waals surface area contributed by atoms with Crippen molar-refractivity contribution < 1.29 is 23.6 Å². The molecule has 2 unspecified atom stereocenters. The molecule has 1 N–H and O–H groups in total. The van der Waals surface area contributed by atoms with Crippen LogP contribution in [0.1, 0.15) is 36.2 Å². The highest BCUT2D eigenvalue weighted by Gasteiger charge is 2.22. The molecule has 6 heteroatoms. The number of aliphatic carboxylic acids is 1. The summed E-state index contributed by atoms with van der Waals surface area (Å²) in [6.07, 6.45) is 0.305. The smallest absolute Gasteiger partial charge is 0.338 e. The average Bonchev–Trinajstić information content (AvgIpc) is 2.39. The van der Waals surface area contributed by atoms with Gasteiger partial charge in [-0.25, -0.2) is 4.79 Å². The molecule has 2 atom stereocenters. The fourth-order valence-corrected chi connectivity index (χ4v) is 3.05. The number of hydrogen-bond donors (Lipinski definition) is 1. The summed E-state index contributed by atoms with van der Waals surface area (Å²) >= 11 is 0. The Labute approximate surface area is 120 Å². The van der Waals surface area contributed by atoms with Gasteiger partial charge in [0.15, 0.2) is 0 Å². The van der Waals surface area contributed by atoms with Crippen LogP contribution in [-0.4, -0.2) is 33.1 Å². The van der Waals surface area contributed by atoms with Crippen molar-refractivity contribution >= 4 is 22.7 Å². The third-order valence-corrected chi connectivity index (χ3v) is 4.50. The van der Waals surface area contributed by atoms with E-state index in [1.54, 1.807) is 38.1 Å². The van der Waals surface area contributed by atoms with Gasteiger partial charge in [0.2, 0.25) is 0 Å². The van der Waals surface area contributed by atoms with Crippen molar-refractivity contribution in [3.63, 3.8) is 0 Å². The minimum atomic E-state index is -1.52. The standard InChI is InChI=1S/C14H18O5S/c1-3-12(13(15)16)20(18)9-10-6-5-7-11(8-10)14(17)19-4-2/h5-8,12H,3-4,9H2,1-2H3,(H,15,16). The van der Waals surface area contributed by atoms with E-state index < -0.39 is 28.0 Å². The first-order valence-corrected chi connectivity index (χ1v) is 7.73. The summed E-state index contributed by atoms with van der Waals surface area (Å²) in [5, 5.41) is 8.08. The molecule has 0 aliphatic carbocycles. The molecule has 0 saturated carbocycles. The highest BCUT2D eigenvalue weighted by Crippen LogP contribution is 2.13. The third-order valence-electron chi connectivity index (χ3n) is 2.71. The van der Waals surface area contributed by atoms with E-state index in [1.807, 2.05) is 0 Å². The second-order valence-electron chi connectivity index (χ2n) is 4.18. The van der Waals surface area contributed by atoms with Crippen LogP contribution in [0.2, 0.25) is 0 Å². The van der Waals surface area contributed by atoms with Crippen LogP contribution in [0.15, 0.2) is 24.3 Å². The van der Waals surface area contributed by atoms with Crippen molar-refractivity contribution in [2.45, 2.75) is 31.3 Å². The molecule has 1 aromatic rings. The Hall–Kier alpha value is -1.69. The summed E-state index contributed by atoms with van der Waals surface area (Å²) in [5.74, 6) is -1.39. The van der Waals surface area contributed by atoms with E-state index in [0.717, 1.165) is 0 Å². The van der Waals surface area contributed by atoms with Gasteiger partial charge in [0.1, 0.15) is 5.25 Å². The molecule has 0 aliphatic rings. The molecule has 0 aliphatic heterocycles. The molecular weight excluding hydrogens is 280 g/mol. The summed E-state index contributed by atoms with van der Waals surface area (Å²) in [6.45, 7) is 3.69. The summed E-state index contributed by atoms with van der Waals surface area (Å²) in [7, 11) is -1.52. The van der Waals surface area contributed by atoms with E-state index in [0.29, 0.717) is 17.5 Å². The number of hydrogen-bond acceptors (Lipinski definition) is 4. The van der Waals surface area contributed by atoms with Gasteiger partial charge in [-0.2, -0.15) is 0 Å². The second kappa shape index (κ2) is 7.79. The molecule has 20 heavy (non-hydrogen) atoms. The van der Waals surface area contributed by atoms with Crippen molar-refractivity contribution in [3.05, 3.63) is 35.4 Å². The third kappa shape index (κ3) is 4.45. The number of carboxylic acids is 1. The maximum absolute atomic E-state index is 12.0. The molecule has 5 nitrogen and oxygen atoms in total. The lowest BCUT2D eigenvalue weighted by atomic mass is 10.1. The highest BCUT2D eigenvalue weighted by atomic mass is 32.2. The lowest BCUT2D eigenvalue weighted by Gasteiger charge is -2.10. The van der Waals surface area contributed by atoms with Crippen molar-refractivity contribution in [2.75, 3.05) is 6.61 Å². The molecule has 0 radical (unpaired) electrons. The van der Waals surface area contributed by atoms with Crippen LogP contribution in [0, 0.1) is 0 Å². The molecule has 110 valence electrons. The van der Waals surface area contributed by atoms with Gasteiger partial charge in [0.05, 0.1) is 12.2 Å². The number of carbonyl (C=O) groups is 2. The minimum absolute atomic E-state index is 0.109. The zero-order valence-electron chi connectivity index (χ0n) is 11.5. The average molecular weight is 298 g/mol. The molecule has 1 aromatic carbocycles. The molecule has 1 rings (SSSR count). The molecule has 0 bridgehead atoms. The number of benzene rings is 1. The summed E-state index contributed by atoms with van der Waals surface area (Å²) in [4.78, 5) is 22.5. The molecule has 0 fully saturated rings. The molecule has 0 spiro atoms. The van der Waals surface area contributed by atoms with E-state index in [2.05, 4.69) is 0 Å². The Balaban J connectivity index is 2.83. The zero-order valence-corrected chi connectivity index (χ0v) is 12.3.